The molecule has 5 nitrogen and oxygen atoms in total. The molecular formula is C31H21ClF2O5S2. The van der Waals surface area contributed by atoms with E-state index in [1.165, 1.54) is 36.0 Å². The van der Waals surface area contributed by atoms with Crippen LogP contribution in [0.1, 0.15) is 15.9 Å². The van der Waals surface area contributed by atoms with E-state index < -0.39 is 32.2 Å². The van der Waals surface area contributed by atoms with Crippen molar-refractivity contribution >= 4 is 27.9 Å². The molecule has 0 heterocycles. The number of halogens is 3. The summed E-state index contributed by atoms with van der Waals surface area (Å²) in [5, 5.41) is 0. The van der Waals surface area contributed by atoms with Gasteiger partial charge in [-0.3, -0.25) is 4.79 Å². The number of carbonyl (C=O) groups excluding carboxylic acids is 1. The predicted molar refractivity (Wildman–Crippen MR) is 143 cm³/mol. The Balaban J connectivity index is 1.52. The van der Waals surface area contributed by atoms with Gasteiger partial charge in [0.2, 0.25) is 0 Å². The van der Waals surface area contributed by atoms with Crippen LogP contribution in [0.2, 0.25) is 0 Å². The molecule has 0 radical (unpaired) electrons. The van der Waals surface area contributed by atoms with Crippen molar-refractivity contribution in [3.63, 3.8) is 0 Å². The number of rotatable bonds is 9. The van der Waals surface area contributed by atoms with Gasteiger partial charge in [-0.15, -0.1) is 0 Å². The van der Waals surface area contributed by atoms with E-state index in [0.29, 0.717) is 16.0 Å². The first-order chi connectivity index (χ1) is 19.6. The Labute approximate surface area is 243 Å². The van der Waals surface area contributed by atoms with E-state index in [2.05, 4.69) is 0 Å². The van der Waals surface area contributed by atoms with Gasteiger partial charge in [-0.25, -0.2) is 8.78 Å². The minimum Gasteiger partial charge on any atom is -0.289 e. The number of carbonyl (C=O) groups is 1. The smallest absolute Gasteiger partial charge is 0.193 e. The first-order valence-corrected chi connectivity index (χ1v) is 15.7. The zero-order chi connectivity index (χ0) is 29.0. The highest BCUT2D eigenvalue weighted by molar-refractivity contribution is 8.29. The van der Waals surface area contributed by atoms with Gasteiger partial charge in [-0.2, -0.15) is 14.0 Å². The van der Waals surface area contributed by atoms with Crippen LogP contribution in [0.25, 0.3) is 0 Å². The van der Waals surface area contributed by atoms with E-state index in [-0.39, 0.29) is 15.6 Å². The first kappa shape index (κ1) is 29.0. The lowest BCUT2D eigenvalue weighted by atomic mass is 10.0. The standard InChI is InChI=1S/C31H21ClF2O5S2/c33-24-9-15-28(16-10-24)41(39-32(36,37)38,29-17-11-25(34)12-18-29)30-19-13-26(14-20-30)40-27-8-4-7-23(21-27)31(35)22-5-2-1-3-6-22/h1-21H. The molecule has 41 heavy (non-hydrogen) atoms. The molecule has 5 aromatic carbocycles. The molecule has 0 N–H and O–H groups in total. The fourth-order valence-corrected chi connectivity index (χ4v) is 9.23. The van der Waals surface area contributed by atoms with Crippen LogP contribution >= 0.6 is 22.1 Å². The largest absolute Gasteiger partial charge is 0.289 e. The van der Waals surface area contributed by atoms with Gasteiger partial charge in [0.1, 0.15) is 15.4 Å². The van der Waals surface area contributed by atoms with Gasteiger partial charge >= 0.3 is 0 Å². The molecule has 0 spiro atoms. The van der Waals surface area contributed by atoms with Crippen molar-refractivity contribution in [2.24, 2.45) is 0 Å². The van der Waals surface area contributed by atoms with Crippen LogP contribution in [-0.2, 0) is 3.74 Å². The monoisotopic (exact) mass is 610 g/mol. The first-order valence-electron chi connectivity index (χ1n) is 12.1. The average molecular weight is 611 g/mol. The lowest BCUT2D eigenvalue weighted by Crippen LogP contribution is -2.61. The third-order valence-corrected chi connectivity index (χ3v) is 11.2. The van der Waals surface area contributed by atoms with E-state index in [1.807, 2.05) is 12.1 Å². The molecule has 0 atom stereocenters. The summed E-state index contributed by atoms with van der Waals surface area (Å²) in [6.07, 6.45) is 0. The quantitative estimate of drug-likeness (QED) is 0.206. The molecule has 5 rings (SSSR count). The van der Waals surface area contributed by atoms with Crippen LogP contribution in [0.4, 0.5) is 8.78 Å². The van der Waals surface area contributed by atoms with Crippen LogP contribution in [-0.4, -0.2) is 5.78 Å². The van der Waals surface area contributed by atoms with E-state index >= 15 is 0 Å². The van der Waals surface area contributed by atoms with Crippen molar-refractivity contribution in [2.75, 3.05) is 0 Å². The Hall–Kier alpha value is -3.54. The maximum Gasteiger partial charge on any atom is 0.193 e. The SMILES string of the molecule is O=C(c1ccccc1)c1cccc(Sc2ccc(S(O[Cl+3]([O-])([O-])[O-])(c3ccc(F)cc3)c3ccc(F)cc3)cc2)c1. The third-order valence-electron chi connectivity index (χ3n) is 5.99. The van der Waals surface area contributed by atoms with Crippen LogP contribution in [0, 0.1) is 21.9 Å². The van der Waals surface area contributed by atoms with Gasteiger partial charge < -0.3 is 0 Å². The lowest BCUT2D eigenvalue weighted by Gasteiger charge is -2.34. The van der Waals surface area contributed by atoms with Gasteiger partial charge in [-0.05, 0) is 84.9 Å². The zero-order valence-corrected chi connectivity index (χ0v) is 23.5. The minimum atomic E-state index is -4.96. The van der Waals surface area contributed by atoms with E-state index in [4.69, 9.17) is 3.74 Å². The van der Waals surface area contributed by atoms with Gasteiger partial charge in [0, 0.05) is 35.6 Å². The highest BCUT2D eigenvalue weighted by atomic mass is 35.7. The van der Waals surface area contributed by atoms with Crippen molar-refractivity contribution in [2.45, 2.75) is 24.5 Å². The molecule has 0 unspecified atom stereocenters. The summed E-state index contributed by atoms with van der Waals surface area (Å²) in [7, 11) is -8.22. The fourth-order valence-electron chi connectivity index (χ4n) is 4.18. The van der Waals surface area contributed by atoms with Crippen LogP contribution < -0.4 is 14.0 Å². The fraction of sp³-hybridized carbons (Fsp3) is 0. The summed E-state index contributed by atoms with van der Waals surface area (Å²) >= 11 is 1.38. The Morgan fingerprint density at radius 2 is 1.10 bits per heavy atom. The molecule has 208 valence electrons. The number of benzene rings is 5. The second kappa shape index (κ2) is 12.1. The topological polar surface area (TPSA) is 95.5 Å². The Morgan fingerprint density at radius 1 is 0.610 bits per heavy atom. The normalized spacial score (nSPS) is 12.2. The molecule has 0 amide bonds. The van der Waals surface area contributed by atoms with Crippen molar-refractivity contribution in [1.82, 2.24) is 0 Å². The number of hydrogen-bond donors (Lipinski definition) is 0. The van der Waals surface area contributed by atoms with E-state index in [9.17, 15) is 27.6 Å². The minimum absolute atomic E-state index is 0.106. The summed E-state index contributed by atoms with van der Waals surface area (Å²) in [6, 6.07) is 32.7. The van der Waals surface area contributed by atoms with Crippen LogP contribution in [0.15, 0.2) is 152 Å². The molecule has 0 aliphatic rings. The summed E-state index contributed by atoms with van der Waals surface area (Å²) < 4.78 is 69.0. The second-order valence-electron chi connectivity index (χ2n) is 8.70. The molecule has 0 saturated carbocycles. The van der Waals surface area contributed by atoms with Gasteiger partial charge in [0.05, 0.1) is 20.6 Å². The highest BCUT2D eigenvalue weighted by Gasteiger charge is 2.46. The van der Waals surface area contributed by atoms with Gasteiger partial charge in [0.15, 0.2) is 5.78 Å². The van der Waals surface area contributed by atoms with Crippen LogP contribution in [0.5, 0.6) is 0 Å². The Bertz CT molecular complexity index is 1600. The zero-order valence-electron chi connectivity index (χ0n) is 21.1. The lowest BCUT2D eigenvalue weighted by molar-refractivity contribution is -1.91. The Kier molecular flexibility index (Phi) is 8.58. The van der Waals surface area contributed by atoms with E-state index in [1.54, 1.807) is 66.7 Å². The summed E-state index contributed by atoms with van der Waals surface area (Å²) in [5.74, 6) is -1.24. The summed E-state index contributed by atoms with van der Waals surface area (Å²) in [4.78, 5) is 15.2. The number of hydrogen-bond acceptors (Lipinski definition) is 6. The summed E-state index contributed by atoms with van der Waals surface area (Å²) in [6.45, 7) is 0. The van der Waals surface area contributed by atoms with Gasteiger partial charge in [0.25, 0.3) is 0 Å². The molecule has 0 aliphatic carbocycles. The predicted octanol–water partition coefficient (Wildman–Crippen LogP) is 5.46. The Morgan fingerprint density at radius 3 is 1.61 bits per heavy atom. The molecule has 0 saturated heterocycles. The van der Waals surface area contributed by atoms with Crippen molar-refractivity contribution < 1.29 is 41.5 Å². The highest BCUT2D eigenvalue weighted by Crippen LogP contribution is 2.70. The molecule has 0 aliphatic heterocycles. The second-order valence-corrected chi connectivity index (χ2v) is 13.6. The molecule has 0 aromatic heterocycles. The third kappa shape index (κ3) is 6.69. The van der Waals surface area contributed by atoms with Crippen molar-refractivity contribution in [1.29, 1.82) is 0 Å². The van der Waals surface area contributed by atoms with Crippen LogP contribution in [0.3, 0.4) is 0 Å². The van der Waals surface area contributed by atoms with Gasteiger partial charge in [-0.1, -0.05) is 54.2 Å². The molecular weight excluding hydrogens is 590 g/mol. The molecule has 0 fully saturated rings. The maximum atomic E-state index is 13.8. The van der Waals surface area contributed by atoms with E-state index in [0.717, 1.165) is 34.1 Å². The summed E-state index contributed by atoms with van der Waals surface area (Å²) in [5.41, 5.74) is 1.11. The number of ketones is 1. The van der Waals surface area contributed by atoms with Crippen molar-refractivity contribution in [3.8, 4) is 0 Å². The molecule has 10 heteroatoms. The maximum absolute atomic E-state index is 13.8. The molecule has 5 aromatic rings. The van der Waals surface area contributed by atoms with Crippen molar-refractivity contribution in [3.05, 3.63) is 150 Å². The molecule has 0 bridgehead atoms. The average Bonchev–Trinajstić information content (AvgIpc) is 2.97.